The number of rotatable bonds is 17. The highest BCUT2D eigenvalue weighted by atomic mass is 28.4. The molecule has 1 N–H and O–H groups in total. The van der Waals surface area contributed by atoms with Gasteiger partial charge in [0.25, 0.3) is 0 Å². The minimum atomic E-state index is -1.77. The lowest BCUT2D eigenvalue weighted by molar-refractivity contribution is 0.00284. The van der Waals surface area contributed by atoms with Crippen molar-refractivity contribution < 1.29 is 14.0 Å². The van der Waals surface area contributed by atoms with Crippen LogP contribution >= 0.6 is 0 Å². The highest BCUT2D eigenvalue weighted by molar-refractivity contribution is 6.74. The molecule has 5 heteroatoms. The third-order valence-corrected chi connectivity index (χ3v) is 21.8. The molecule has 0 heterocycles. The summed E-state index contributed by atoms with van der Waals surface area (Å²) in [5, 5.41) is 11.7. The number of allylic oxidation sites excluding steroid dienone is 6. The minimum Gasteiger partial charge on any atom is -0.413 e. The Hall–Kier alpha value is -0.726. The Balaban J connectivity index is 1.96. The molecule has 0 bridgehead atoms. The maximum atomic E-state index is 11.2. The quantitative estimate of drug-likeness (QED) is 0.123. The maximum absolute atomic E-state index is 11.2. The van der Waals surface area contributed by atoms with Gasteiger partial charge in [0, 0.05) is 5.41 Å². The van der Waals surface area contributed by atoms with Gasteiger partial charge in [0.2, 0.25) is 0 Å². The summed E-state index contributed by atoms with van der Waals surface area (Å²) in [6, 6.07) is 0. The zero-order valence-corrected chi connectivity index (χ0v) is 35.2. The van der Waals surface area contributed by atoms with Gasteiger partial charge in [-0.1, -0.05) is 89.5 Å². The second kappa shape index (κ2) is 16.3. The molecule has 0 aliphatic heterocycles. The van der Waals surface area contributed by atoms with Crippen LogP contribution in [-0.4, -0.2) is 41.1 Å². The Labute approximate surface area is 289 Å². The van der Waals surface area contributed by atoms with Gasteiger partial charge in [0.15, 0.2) is 16.6 Å². The standard InChI is InChI=1S/C41H76O3Si2/c1-32(2)18-16-20-35(30-44-46(14,15)39(8,9)10)21-17-19-33(3)22-23-36-24-25-37(42)41(31-40(36,41)11)28-26-34(4)27-29-43-45(12,13)38(5,6)7/h18,21-22,27,36-37,42H,16-17,19-20,23-26,28-31H2,1-15H3/b33-22+,34-27+,35-21-/t36-,37+,40-,41+/m1/s1. The first-order valence-corrected chi connectivity index (χ1v) is 24.4. The molecule has 0 amide bonds. The Morgan fingerprint density at radius 2 is 1.33 bits per heavy atom. The third-order valence-electron chi connectivity index (χ3n) is 12.8. The highest BCUT2D eigenvalue weighted by Crippen LogP contribution is 2.75. The van der Waals surface area contributed by atoms with Crippen LogP contribution in [0.3, 0.4) is 0 Å². The molecule has 0 aromatic heterocycles. The fourth-order valence-electron chi connectivity index (χ4n) is 6.88. The first-order valence-electron chi connectivity index (χ1n) is 18.6. The van der Waals surface area contributed by atoms with Crippen molar-refractivity contribution in [1.29, 1.82) is 0 Å². The average Bonchev–Trinajstić information content (AvgIpc) is 3.56. The molecule has 2 aliphatic carbocycles. The van der Waals surface area contributed by atoms with Crippen LogP contribution in [0.25, 0.3) is 0 Å². The molecule has 2 rings (SSSR count). The van der Waals surface area contributed by atoms with Gasteiger partial charge in [0.1, 0.15) is 0 Å². The van der Waals surface area contributed by atoms with E-state index in [2.05, 4.69) is 127 Å². The molecule has 0 unspecified atom stereocenters. The molecule has 46 heavy (non-hydrogen) atoms. The van der Waals surface area contributed by atoms with Crippen molar-refractivity contribution in [2.75, 3.05) is 13.2 Å². The fourth-order valence-corrected chi connectivity index (χ4v) is 8.79. The van der Waals surface area contributed by atoms with Gasteiger partial charge < -0.3 is 14.0 Å². The molecule has 266 valence electrons. The summed E-state index contributed by atoms with van der Waals surface area (Å²) < 4.78 is 13.0. The fraction of sp³-hybridized carbons (Fsp3) is 0.805. The lowest BCUT2D eigenvalue weighted by Gasteiger charge is -2.39. The van der Waals surface area contributed by atoms with E-state index in [4.69, 9.17) is 8.85 Å². The van der Waals surface area contributed by atoms with Gasteiger partial charge in [-0.15, -0.1) is 0 Å². The Morgan fingerprint density at radius 3 is 1.91 bits per heavy atom. The maximum Gasteiger partial charge on any atom is 0.192 e. The number of hydrogen-bond acceptors (Lipinski definition) is 3. The molecule has 2 fully saturated rings. The Morgan fingerprint density at radius 1 is 0.761 bits per heavy atom. The van der Waals surface area contributed by atoms with Gasteiger partial charge in [-0.05, 0) is 145 Å². The second-order valence-corrected chi connectivity index (χ2v) is 28.3. The first kappa shape index (κ1) is 41.4. The van der Waals surface area contributed by atoms with Gasteiger partial charge in [-0.2, -0.15) is 0 Å². The van der Waals surface area contributed by atoms with E-state index in [1.54, 1.807) is 0 Å². The lowest BCUT2D eigenvalue weighted by atomic mass is 9.68. The molecular weight excluding hydrogens is 597 g/mol. The van der Waals surface area contributed by atoms with E-state index in [1.165, 1.54) is 28.7 Å². The van der Waals surface area contributed by atoms with Crippen LogP contribution in [0.15, 0.2) is 46.6 Å². The molecule has 3 nitrogen and oxygen atoms in total. The zero-order chi connectivity index (χ0) is 35.2. The number of aliphatic hydroxyl groups excluding tert-OH is 1. The van der Waals surface area contributed by atoms with E-state index in [-0.39, 0.29) is 27.0 Å². The van der Waals surface area contributed by atoms with Crippen molar-refractivity contribution in [3.8, 4) is 0 Å². The molecule has 0 radical (unpaired) electrons. The predicted octanol–water partition coefficient (Wildman–Crippen LogP) is 12.7. The smallest absolute Gasteiger partial charge is 0.192 e. The van der Waals surface area contributed by atoms with Crippen molar-refractivity contribution in [1.82, 2.24) is 0 Å². The summed E-state index contributed by atoms with van der Waals surface area (Å²) >= 11 is 0. The topological polar surface area (TPSA) is 38.7 Å². The van der Waals surface area contributed by atoms with Crippen molar-refractivity contribution in [2.45, 2.75) is 183 Å². The summed E-state index contributed by atoms with van der Waals surface area (Å²) in [4.78, 5) is 0. The molecule has 0 aromatic carbocycles. The lowest BCUT2D eigenvalue weighted by Crippen LogP contribution is -2.41. The molecule has 2 saturated carbocycles. The molecular formula is C41H76O3Si2. The largest absolute Gasteiger partial charge is 0.413 e. The van der Waals surface area contributed by atoms with Crippen molar-refractivity contribution in [2.24, 2.45) is 16.7 Å². The van der Waals surface area contributed by atoms with Crippen molar-refractivity contribution >= 4 is 16.6 Å². The van der Waals surface area contributed by atoms with E-state index < -0.39 is 16.6 Å². The van der Waals surface area contributed by atoms with E-state index in [0.717, 1.165) is 71.0 Å². The van der Waals surface area contributed by atoms with Gasteiger partial charge >= 0.3 is 0 Å². The van der Waals surface area contributed by atoms with Gasteiger partial charge in [-0.3, -0.25) is 0 Å². The molecule has 4 atom stereocenters. The number of fused-ring (bicyclic) bond motifs is 1. The third kappa shape index (κ3) is 11.2. The van der Waals surface area contributed by atoms with Crippen LogP contribution in [0.4, 0.5) is 0 Å². The van der Waals surface area contributed by atoms with Crippen LogP contribution < -0.4 is 0 Å². The second-order valence-electron chi connectivity index (χ2n) is 18.7. The first-order chi connectivity index (χ1) is 21.0. The number of aliphatic hydroxyl groups is 1. The minimum absolute atomic E-state index is 0.0973. The Bertz CT molecular complexity index is 1110. The highest BCUT2D eigenvalue weighted by Gasteiger charge is 2.71. The molecule has 0 aromatic rings. The normalized spacial score (nSPS) is 26.7. The monoisotopic (exact) mass is 673 g/mol. The van der Waals surface area contributed by atoms with Crippen LogP contribution in [0.2, 0.25) is 36.3 Å². The zero-order valence-electron chi connectivity index (χ0n) is 33.2. The van der Waals surface area contributed by atoms with Crippen LogP contribution in [-0.2, 0) is 8.85 Å². The Kier molecular flexibility index (Phi) is 14.7. The molecule has 2 aliphatic rings. The van der Waals surface area contributed by atoms with Crippen molar-refractivity contribution in [3.63, 3.8) is 0 Å². The van der Waals surface area contributed by atoms with E-state index in [0.29, 0.717) is 5.92 Å². The van der Waals surface area contributed by atoms with Crippen LogP contribution in [0, 0.1) is 16.7 Å². The number of hydrogen-bond donors (Lipinski definition) is 1. The van der Waals surface area contributed by atoms with Crippen molar-refractivity contribution in [3.05, 3.63) is 46.6 Å². The van der Waals surface area contributed by atoms with E-state index in [1.807, 2.05) is 0 Å². The summed E-state index contributed by atoms with van der Waals surface area (Å²) in [6.45, 7) is 36.2. The average molecular weight is 673 g/mol. The van der Waals surface area contributed by atoms with E-state index in [9.17, 15) is 5.11 Å². The summed E-state index contributed by atoms with van der Waals surface area (Å²) in [7, 11) is -3.49. The van der Waals surface area contributed by atoms with Gasteiger partial charge in [-0.25, -0.2) is 0 Å². The molecule has 0 saturated heterocycles. The predicted molar refractivity (Wildman–Crippen MR) is 208 cm³/mol. The summed E-state index contributed by atoms with van der Waals surface area (Å²) in [5.74, 6) is 0.671. The SMILES string of the molecule is CC(C)=CCC/C(=C/CC/C(C)=C/C[C@@H]1CC[C@H](O)[C@]2(CC/C(C)=C/CO[Si](C)(C)C(C)(C)C)C[C@]12C)CO[Si](C)(C)C(C)(C)C. The van der Waals surface area contributed by atoms with Crippen LogP contribution in [0.1, 0.15) is 140 Å². The summed E-state index contributed by atoms with van der Waals surface area (Å²) in [6.07, 6.45) is 20.5. The molecule has 0 spiro atoms. The van der Waals surface area contributed by atoms with E-state index >= 15 is 0 Å². The van der Waals surface area contributed by atoms with Crippen LogP contribution in [0.5, 0.6) is 0 Å². The summed E-state index contributed by atoms with van der Waals surface area (Å²) in [5.41, 5.74) is 6.13. The van der Waals surface area contributed by atoms with Gasteiger partial charge in [0.05, 0.1) is 19.3 Å².